The second kappa shape index (κ2) is 20.2. The van der Waals surface area contributed by atoms with Crippen LogP contribution < -0.4 is 0 Å². The minimum atomic E-state index is -1.67. The minimum Gasteiger partial charge on any atom is -0.488 e. The number of ether oxygens (including phenoxy) is 7. The van der Waals surface area contributed by atoms with Gasteiger partial charge in [-0.2, -0.15) is 0 Å². The predicted octanol–water partition coefficient (Wildman–Crippen LogP) is 7.34. The zero-order chi connectivity index (χ0) is 47.7. The normalized spacial score (nSPS) is 33.6. The highest BCUT2D eigenvalue weighted by Crippen LogP contribution is 2.48. The van der Waals surface area contributed by atoms with Gasteiger partial charge < -0.3 is 43.2 Å². The van der Waals surface area contributed by atoms with Crippen molar-refractivity contribution in [3.8, 4) is 5.69 Å². The fourth-order valence-electron chi connectivity index (χ4n) is 9.99. The molecular formula is C50H72N4O11. The first-order valence-corrected chi connectivity index (χ1v) is 23.3. The molecule has 65 heavy (non-hydrogen) atoms. The van der Waals surface area contributed by atoms with Crippen LogP contribution in [-0.4, -0.2) is 117 Å². The van der Waals surface area contributed by atoms with E-state index in [2.05, 4.69) is 10.3 Å². The van der Waals surface area contributed by atoms with E-state index in [0.717, 1.165) is 22.0 Å². The highest BCUT2D eigenvalue weighted by Gasteiger charge is 2.58. The van der Waals surface area contributed by atoms with Crippen LogP contribution >= 0.6 is 0 Å². The van der Waals surface area contributed by atoms with Crippen molar-refractivity contribution in [3.63, 3.8) is 0 Å². The van der Waals surface area contributed by atoms with Gasteiger partial charge in [-0.25, -0.2) is 4.68 Å². The van der Waals surface area contributed by atoms with Gasteiger partial charge in [-0.15, -0.1) is 5.10 Å². The molecule has 13 atom stereocenters. The molecule has 2 saturated heterocycles. The Kier molecular flexibility index (Phi) is 15.6. The Bertz CT molecular complexity index is 2180. The Morgan fingerprint density at radius 3 is 2.31 bits per heavy atom. The SMILES string of the molecule is CC[C@H]1OC(=O)[C@H](C)[C@@H](OCc2cn(-c3cccc4ccccc34)nn2)[C@H](C)[C@@H](O[C@@H]2O[C@H](C)C[C@H](N(C)C)[C@H]2O)[C@@]2(C)CC(C)=C(O2)[C@H](C)[C@@H](OC(=O)C(C)C)[C@]1(C)OC(=O)C(C)C. The summed E-state index contributed by atoms with van der Waals surface area (Å²) in [5.74, 6) is -4.50. The summed E-state index contributed by atoms with van der Waals surface area (Å²) in [4.78, 5) is 44.2. The van der Waals surface area contributed by atoms with E-state index >= 15 is 0 Å². The number of hydrogen-bond donors (Lipinski definition) is 1. The van der Waals surface area contributed by atoms with Crippen LogP contribution in [0.4, 0.5) is 0 Å². The molecule has 6 rings (SSSR count). The molecule has 4 heterocycles. The van der Waals surface area contributed by atoms with Crippen LogP contribution in [0.2, 0.25) is 0 Å². The number of esters is 3. The molecule has 0 saturated carbocycles. The summed E-state index contributed by atoms with van der Waals surface area (Å²) in [6, 6.07) is 13.8. The lowest BCUT2D eigenvalue weighted by molar-refractivity contribution is -0.299. The smallest absolute Gasteiger partial charge is 0.311 e. The van der Waals surface area contributed by atoms with Gasteiger partial charge in [0.1, 0.15) is 35.4 Å². The van der Waals surface area contributed by atoms with Gasteiger partial charge in [-0.05, 0) is 78.6 Å². The number of rotatable bonds is 12. The quantitative estimate of drug-likeness (QED) is 0.142. The van der Waals surface area contributed by atoms with Crippen LogP contribution in [0, 0.1) is 29.6 Å². The number of carbonyl (C=O) groups excluding carboxylic acids is 3. The Balaban J connectivity index is 1.46. The zero-order valence-corrected chi connectivity index (χ0v) is 40.8. The van der Waals surface area contributed by atoms with Crippen LogP contribution in [0.25, 0.3) is 16.5 Å². The molecule has 0 spiro atoms. The van der Waals surface area contributed by atoms with Crippen molar-refractivity contribution in [2.75, 3.05) is 14.1 Å². The number of aromatic nitrogens is 3. The molecule has 0 amide bonds. The number of nitrogens with zero attached hydrogens (tertiary/aromatic N) is 4. The van der Waals surface area contributed by atoms with Gasteiger partial charge >= 0.3 is 17.9 Å². The molecule has 0 aliphatic carbocycles. The number of carbonyl (C=O) groups is 3. The average molecular weight is 905 g/mol. The Morgan fingerprint density at radius 2 is 1.65 bits per heavy atom. The molecule has 15 heteroatoms. The molecule has 3 aromatic rings. The molecule has 2 aromatic carbocycles. The second-order valence-electron chi connectivity index (χ2n) is 19.8. The van der Waals surface area contributed by atoms with Crippen molar-refractivity contribution in [1.82, 2.24) is 19.9 Å². The molecule has 358 valence electrons. The van der Waals surface area contributed by atoms with Gasteiger partial charge in [-0.1, -0.05) is 90.1 Å². The molecular weight excluding hydrogens is 833 g/mol. The number of fused-ring (bicyclic) bond motifs is 3. The lowest BCUT2D eigenvalue weighted by atomic mass is 9.78. The van der Waals surface area contributed by atoms with Crippen LogP contribution in [-0.2, 0) is 54.1 Å². The Morgan fingerprint density at radius 1 is 0.969 bits per heavy atom. The number of aliphatic hydroxyl groups is 1. The van der Waals surface area contributed by atoms with Crippen LogP contribution in [0.1, 0.15) is 108 Å². The van der Waals surface area contributed by atoms with Crippen molar-refractivity contribution in [3.05, 3.63) is 65.7 Å². The predicted molar refractivity (Wildman–Crippen MR) is 243 cm³/mol. The Hall–Kier alpha value is -4.41. The summed E-state index contributed by atoms with van der Waals surface area (Å²) in [6.45, 7) is 21.8. The molecule has 3 aliphatic heterocycles. The molecule has 3 aliphatic rings. The van der Waals surface area contributed by atoms with Gasteiger partial charge in [0, 0.05) is 23.8 Å². The summed E-state index contributed by atoms with van der Waals surface area (Å²) in [5, 5.41) is 22.8. The molecule has 15 nitrogen and oxygen atoms in total. The lowest BCUT2D eigenvalue weighted by Crippen LogP contribution is -2.59. The maximum Gasteiger partial charge on any atom is 0.311 e. The molecule has 1 N–H and O–H groups in total. The van der Waals surface area contributed by atoms with Gasteiger partial charge in [0.25, 0.3) is 0 Å². The third-order valence-corrected chi connectivity index (χ3v) is 13.6. The van der Waals surface area contributed by atoms with Crippen molar-refractivity contribution >= 4 is 28.7 Å². The van der Waals surface area contributed by atoms with E-state index in [1.54, 1.807) is 52.4 Å². The summed E-state index contributed by atoms with van der Waals surface area (Å²) in [7, 11) is 3.83. The van der Waals surface area contributed by atoms with Gasteiger partial charge in [-0.3, -0.25) is 14.4 Å². The summed E-state index contributed by atoms with van der Waals surface area (Å²) in [5.41, 5.74) is -0.572. The molecule has 2 fully saturated rings. The van der Waals surface area contributed by atoms with E-state index in [9.17, 15) is 19.5 Å². The van der Waals surface area contributed by atoms with E-state index in [1.807, 2.05) is 103 Å². The highest BCUT2D eigenvalue weighted by molar-refractivity contribution is 5.90. The van der Waals surface area contributed by atoms with Crippen LogP contribution in [0.3, 0.4) is 0 Å². The van der Waals surface area contributed by atoms with Crippen molar-refractivity contribution in [1.29, 1.82) is 0 Å². The zero-order valence-electron chi connectivity index (χ0n) is 40.8. The topological polar surface area (TPSA) is 170 Å². The maximum atomic E-state index is 14.9. The van der Waals surface area contributed by atoms with Crippen molar-refractivity contribution in [2.45, 2.75) is 169 Å². The standard InChI is InChI=1S/C50H72N4O11/c1-15-39-50(12,65-46(57)28(4)5)44(62-45(56)27(2)3)31(8)41-29(6)24-49(11,64-41)43(63-48-40(55)38(53(13)14)23-30(7)60-48)32(9)42(33(10)47(58)61-39)59-26-35-25-54(52-51-35)37-22-18-20-34-19-16-17-21-36(34)37/h16-22,25,27-28,30-33,38-40,42-44,48,55H,15,23-24,26H2,1-14H3/t30-,31+,32+,33-,38+,39-,40-,42+,43-,44-,48+,49-,50-/m1/s1. The number of hydrogen-bond acceptors (Lipinski definition) is 14. The van der Waals surface area contributed by atoms with Gasteiger partial charge in [0.05, 0.1) is 54.4 Å². The number of cyclic esters (lactones) is 1. The minimum absolute atomic E-state index is 0.0301. The van der Waals surface area contributed by atoms with E-state index in [1.165, 1.54) is 0 Å². The lowest BCUT2D eigenvalue weighted by Gasteiger charge is -2.47. The average Bonchev–Trinajstić information content (AvgIpc) is 3.86. The third kappa shape index (κ3) is 10.4. The van der Waals surface area contributed by atoms with Gasteiger partial charge in [0.2, 0.25) is 0 Å². The second-order valence-corrected chi connectivity index (χ2v) is 19.8. The highest BCUT2D eigenvalue weighted by atomic mass is 16.7. The third-order valence-electron chi connectivity index (χ3n) is 13.6. The van der Waals surface area contributed by atoms with Crippen molar-refractivity contribution < 1.29 is 52.6 Å². The first-order valence-electron chi connectivity index (χ1n) is 23.3. The number of benzene rings is 2. The largest absolute Gasteiger partial charge is 0.488 e. The molecule has 0 unspecified atom stereocenters. The molecule has 1 aromatic heterocycles. The first kappa shape index (κ1) is 50.0. The maximum absolute atomic E-state index is 14.9. The summed E-state index contributed by atoms with van der Waals surface area (Å²) in [6.07, 6.45) is -3.35. The van der Waals surface area contributed by atoms with E-state index in [0.29, 0.717) is 24.3 Å². The van der Waals surface area contributed by atoms with Crippen LogP contribution in [0.15, 0.2) is 60.0 Å². The van der Waals surface area contributed by atoms with Gasteiger partial charge in [0.15, 0.2) is 18.0 Å². The van der Waals surface area contributed by atoms with E-state index in [4.69, 9.17) is 33.2 Å². The fraction of sp³-hybridized carbons (Fsp3) is 0.660. The van der Waals surface area contributed by atoms with Crippen LogP contribution in [0.5, 0.6) is 0 Å². The fourth-order valence-corrected chi connectivity index (χ4v) is 9.99. The van der Waals surface area contributed by atoms with Crippen molar-refractivity contribution in [2.24, 2.45) is 29.6 Å². The monoisotopic (exact) mass is 905 g/mol. The molecule has 0 radical (unpaired) electrons. The van der Waals surface area contributed by atoms with E-state index < -0.39 is 95.5 Å². The molecule has 2 bridgehead atoms. The number of likely N-dealkylation sites (N-methyl/N-ethyl adjacent to an activating group) is 1. The number of aliphatic hydroxyl groups excluding tert-OH is 1. The summed E-state index contributed by atoms with van der Waals surface area (Å²) >= 11 is 0. The van der Waals surface area contributed by atoms with E-state index in [-0.39, 0.29) is 25.2 Å². The Labute approximate surface area is 384 Å². The summed E-state index contributed by atoms with van der Waals surface area (Å²) < 4.78 is 48.4. The first-order chi connectivity index (χ1) is 30.6.